The van der Waals surface area contributed by atoms with Crippen LogP contribution in [0.2, 0.25) is 0 Å². The van der Waals surface area contributed by atoms with E-state index in [1.807, 2.05) is 29.2 Å². The molecule has 0 radical (unpaired) electrons. The minimum atomic E-state index is 0.123. The Morgan fingerprint density at radius 1 is 1.42 bits per heavy atom. The zero-order chi connectivity index (χ0) is 13.7. The number of carbonyl (C=O) groups excluding carboxylic acids is 1. The fourth-order valence-electron chi connectivity index (χ4n) is 2.50. The highest BCUT2D eigenvalue weighted by Crippen LogP contribution is 2.17. The van der Waals surface area contributed by atoms with Gasteiger partial charge in [-0.2, -0.15) is 0 Å². The molecule has 1 aromatic rings. The van der Waals surface area contributed by atoms with Crippen LogP contribution in [0.4, 0.5) is 0 Å². The molecule has 19 heavy (non-hydrogen) atoms. The van der Waals surface area contributed by atoms with Crippen molar-refractivity contribution in [2.24, 2.45) is 0 Å². The number of benzene rings is 1. The highest BCUT2D eigenvalue weighted by molar-refractivity contribution is 5.94. The zero-order valence-corrected chi connectivity index (χ0v) is 11.7. The zero-order valence-electron chi connectivity index (χ0n) is 11.7. The maximum Gasteiger partial charge on any atom is 0.254 e. The standard InChI is InChI=1S/C15H22N2O2/c1-3-10-17(13-8-9-16-11-13)15(18)12-4-6-14(19-2)7-5-12/h4-7,13,16H,3,8-11H2,1-2H3/t13-/m0/s1. The molecular weight excluding hydrogens is 240 g/mol. The Balaban J connectivity index is 2.12. The van der Waals surface area contributed by atoms with Gasteiger partial charge in [0.15, 0.2) is 0 Å². The van der Waals surface area contributed by atoms with Crippen LogP contribution in [-0.2, 0) is 0 Å². The minimum Gasteiger partial charge on any atom is -0.497 e. The van der Waals surface area contributed by atoms with Gasteiger partial charge in [-0.3, -0.25) is 4.79 Å². The molecule has 0 aromatic heterocycles. The van der Waals surface area contributed by atoms with E-state index in [0.29, 0.717) is 6.04 Å². The summed E-state index contributed by atoms with van der Waals surface area (Å²) in [6.07, 6.45) is 2.03. The number of ether oxygens (including phenoxy) is 1. The second-order valence-corrected chi connectivity index (χ2v) is 4.87. The predicted octanol–water partition coefficient (Wildman–Crippen LogP) is 1.91. The van der Waals surface area contributed by atoms with Crippen molar-refractivity contribution in [3.63, 3.8) is 0 Å². The maximum absolute atomic E-state index is 12.6. The third-order valence-corrected chi connectivity index (χ3v) is 3.54. The molecule has 104 valence electrons. The molecule has 1 atom stereocenters. The first kappa shape index (κ1) is 13.9. The normalized spacial score (nSPS) is 18.3. The fraction of sp³-hybridized carbons (Fsp3) is 0.533. The molecular formula is C15H22N2O2. The van der Waals surface area contributed by atoms with Gasteiger partial charge in [-0.15, -0.1) is 0 Å². The van der Waals surface area contributed by atoms with E-state index in [4.69, 9.17) is 4.74 Å². The van der Waals surface area contributed by atoms with Gasteiger partial charge in [-0.1, -0.05) is 6.92 Å². The fourth-order valence-corrected chi connectivity index (χ4v) is 2.50. The largest absolute Gasteiger partial charge is 0.497 e. The van der Waals surface area contributed by atoms with Crippen LogP contribution in [0.3, 0.4) is 0 Å². The first-order chi connectivity index (χ1) is 9.26. The quantitative estimate of drug-likeness (QED) is 0.881. The molecule has 2 rings (SSSR count). The monoisotopic (exact) mass is 262 g/mol. The first-order valence-electron chi connectivity index (χ1n) is 6.92. The molecule has 1 heterocycles. The topological polar surface area (TPSA) is 41.6 Å². The predicted molar refractivity (Wildman–Crippen MR) is 75.6 cm³/mol. The average molecular weight is 262 g/mol. The summed E-state index contributed by atoms with van der Waals surface area (Å²) in [7, 11) is 1.63. The molecule has 0 saturated carbocycles. The van der Waals surface area contributed by atoms with Crippen molar-refractivity contribution < 1.29 is 9.53 Å². The van der Waals surface area contributed by atoms with Gasteiger partial charge >= 0.3 is 0 Å². The van der Waals surface area contributed by atoms with Crippen LogP contribution in [-0.4, -0.2) is 43.6 Å². The second-order valence-electron chi connectivity index (χ2n) is 4.87. The van der Waals surface area contributed by atoms with E-state index >= 15 is 0 Å². The van der Waals surface area contributed by atoms with Gasteiger partial charge in [0, 0.05) is 24.7 Å². The Morgan fingerprint density at radius 3 is 2.68 bits per heavy atom. The molecule has 1 aromatic carbocycles. The minimum absolute atomic E-state index is 0.123. The van der Waals surface area contributed by atoms with Crippen LogP contribution in [0.15, 0.2) is 24.3 Å². The summed E-state index contributed by atoms with van der Waals surface area (Å²) in [5, 5.41) is 3.32. The Bertz CT molecular complexity index is 411. The smallest absolute Gasteiger partial charge is 0.254 e. The van der Waals surface area contributed by atoms with E-state index in [9.17, 15) is 4.79 Å². The highest BCUT2D eigenvalue weighted by atomic mass is 16.5. The van der Waals surface area contributed by atoms with E-state index in [1.165, 1.54) is 0 Å². The van der Waals surface area contributed by atoms with Crippen LogP contribution in [0.25, 0.3) is 0 Å². The average Bonchev–Trinajstić information content (AvgIpc) is 2.98. The van der Waals surface area contributed by atoms with Gasteiger partial charge in [-0.25, -0.2) is 0 Å². The third kappa shape index (κ3) is 3.26. The Kier molecular flexibility index (Phi) is 4.80. The lowest BCUT2D eigenvalue weighted by Gasteiger charge is -2.28. The van der Waals surface area contributed by atoms with Crippen molar-refractivity contribution in [3.8, 4) is 5.75 Å². The van der Waals surface area contributed by atoms with E-state index in [2.05, 4.69) is 12.2 Å². The number of carbonyl (C=O) groups is 1. The summed E-state index contributed by atoms with van der Waals surface area (Å²) in [6, 6.07) is 7.68. The van der Waals surface area contributed by atoms with Crippen LogP contribution in [0.5, 0.6) is 5.75 Å². The number of hydrogen-bond acceptors (Lipinski definition) is 3. The van der Waals surface area contributed by atoms with Gasteiger partial charge in [0.05, 0.1) is 7.11 Å². The van der Waals surface area contributed by atoms with E-state index in [-0.39, 0.29) is 5.91 Å². The number of hydrogen-bond donors (Lipinski definition) is 1. The maximum atomic E-state index is 12.6. The summed E-state index contributed by atoms with van der Waals surface area (Å²) < 4.78 is 5.12. The molecule has 1 aliphatic heterocycles. The molecule has 0 spiro atoms. The Labute approximate surface area is 114 Å². The highest BCUT2D eigenvalue weighted by Gasteiger charge is 2.26. The SMILES string of the molecule is CCCN(C(=O)c1ccc(OC)cc1)[C@H]1CCNC1. The Morgan fingerprint density at radius 2 is 2.16 bits per heavy atom. The summed E-state index contributed by atoms with van der Waals surface area (Å²) in [4.78, 5) is 14.6. The summed E-state index contributed by atoms with van der Waals surface area (Å²) in [5.74, 6) is 0.902. The van der Waals surface area contributed by atoms with E-state index < -0.39 is 0 Å². The molecule has 1 N–H and O–H groups in total. The summed E-state index contributed by atoms with van der Waals surface area (Å²) in [5.41, 5.74) is 0.737. The lowest BCUT2D eigenvalue weighted by Crippen LogP contribution is -2.42. The van der Waals surface area contributed by atoms with Crippen LogP contribution >= 0.6 is 0 Å². The van der Waals surface area contributed by atoms with Crippen molar-refractivity contribution in [1.29, 1.82) is 0 Å². The lowest BCUT2D eigenvalue weighted by atomic mass is 10.1. The first-order valence-corrected chi connectivity index (χ1v) is 6.92. The number of rotatable bonds is 5. The van der Waals surface area contributed by atoms with Gasteiger partial charge < -0.3 is 15.0 Å². The second kappa shape index (κ2) is 6.57. The van der Waals surface area contributed by atoms with Gasteiger partial charge in [0.2, 0.25) is 0 Å². The molecule has 4 heteroatoms. The number of nitrogens with one attached hydrogen (secondary N) is 1. The van der Waals surface area contributed by atoms with Crippen LogP contribution in [0.1, 0.15) is 30.1 Å². The molecule has 4 nitrogen and oxygen atoms in total. The molecule has 0 unspecified atom stereocenters. The van der Waals surface area contributed by atoms with Crippen molar-refractivity contribution in [2.75, 3.05) is 26.7 Å². The van der Waals surface area contributed by atoms with Crippen LogP contribution < -0.4 is 10.1 Å². The van der Waals surface area contributed by atoms with Crippen molar-refractivity contribution in [2.45, 2.75) is 25.8 Å². The Hall–Kier alpha value is -1.55. The third-order valence-electron chi connectivity index (χ3n) is 3.54. The summed E-state index contributed by atoms with van der Waals surface area (Å²) in [6.45, 7) is 4.83. The molecule has 0 bridgehead atoms. The number of nitrogens with zero attached hydrogens (tertiary/aromatic N) is 1. The van der Waals surface area contributed by atoms with E-state index in [1.54, 1.807) is 7.11 Å². The van der Waals surface area contributed by atoms with Crippen molar-refractivity contribution >= 4 is 5.91 Å². The van der Waals surface area contributed by atoms with Crippen molar-refractivity contribution in [3.05, 3.63) is 29.8 Å². The van der Waals surface area contributed by atoms with Crippen molar-refractivity contribution in [1.82, 2.24) is 10.2 Å². The molecule has 1 saturated heterocycles. The molecule has 0 aliphatic carbocycles. The molecule has 1 amide bonds. The van der Waals surface area contributed by atoms with Gasteiger partial charge in [0.25, 0.3) is 5.91 Å². The van der Waals surface area contributed by atoms with Gasteiger partial charge in [0.1, 0.15) is 5.75 Å². The van der Waals surface area contributed by atoms with E-state index in [0.717, 1.165) is 43.8 Å². The summed E-state index contributed by atoms with van der Waals surface area (Å²) >= 11 is 0. The van der Waals surface area contributed by atoms with Gasteiger partial charge in [-0.05, 0) is 43.7 Å². The number of amides is 1. The molecule has 1 fully saturated rings. The lowest BCUT2D eigenvalue weighted by molar-refractivity contribution is 0.0692. The molecule has 1 aliphatic rings. The van der Waals surface area contributed by atoms with Crippen LogP contribution in [0, 0.1) is 0 Å². The number of methoxy groups -OCH3 is 1.